The van der Waals surface area contributed by atoms with Gasteiger partial charge in [-0.1, -0.05) is 23.3 Å². The number of aliphatic hydroxyl groups is 2. The van der Waals surface area contributed by atoms with E-state index in [2.05, 4.69) is 20.4 Å². The maximum atomic E-state index is 9.98. The summed E-state index contributed by atoms with van der Waals surface area (Å²) < 4.78 is 7.57. The first kappa shape index (κ1) is 18.1. The van der Waals surface area contributed by atoms with Crippen molar-refractivity contribution in [1.29, 1.82) is 0 Å². The minimum atomic E-state index is -0.635. The lowest BCUT2D eigenvalue weighted by atomic mass is 9.79. The van der Waals surface area contributed by atoms with Gasteiger partial charge in [0, 0.05) is 13.1 Å². The van der Waals surface area contributed by atoms with Crippen LogP contribution in [0.25, 0.3) is 5.69 Å². The highest BCUT2D eigenvalue weighted by Crippen LogP contribution is 2.38. The molecule has 2 fully saturated rings. The fourth-order valence-electron chi connectivity index (χ4n) is 4.40. The summed E-state index contributed by atoms with van der Waals surface area (Å²) in [6.07, 6.45) is -0.0288. The van der Waals surface area contributed by atoms with E-state index in [1.807, 2.05) is 54.6 Å². The number of rotatable bonds is 4. The van der Waals surface area contributed by atoms with Crippen molar-refractivity contribution in [1.82, 2.24) is 20.2 Å². The van der Waals surface area contributed by atoms with Gasteiger partial charge in [0.25, 0.3) is 0 Å². The van der Waals surface area contributed by atoms with Crippen molar-refractivity contribution in [3.8, 4) is 17.2 Å². The average Bonchev–Trinajstić information content (AvgIpc) is 3.37. The van der Waals surface area contributed by atoms with Gasteiger partial charge in [0.2, 0.25) is 5.95 Å². The van der Waals surface area contributed by atoms with Crippen molar-refractivity contribution < 1.29 is 14.9 Å². The minimum absolute atomic E-state index is 0.347. The molecule has 2 N–H and O–H groups in total. The second-order valence-corrected chi connectivity index (χ2v) is 7.83. The molecule has 1 saturated carbocycles. The molecule has 2 heterocycles. The number of benzene rings is 2. The van der Waals surface area contributed by atoms with E-state index in [0.717, 1.165) is 30.3 Å². The predicted molar refractivity (Wildman–Crippen MR) is 106 cm³/mol. The molecule has 3 aromatic rings. The molecule has 0 unspecified atom stereocenters. The van der Waals surface area contributed by atoms with Gasteiger partial charge in [-0.25, -0.2) is 0 Å². The molecule has 0 bridgehead atoms. The third kappa shape index (κ3) is 3.56. The number of para-hydroxylation sites is 1. The van der Waals surface area contributed by atoms with Gasteiger partial charge in [0.15, 0.2) is 0 Å². The van der Waals surface area contributed by atoms with Crippen LogP contribution in [0.3, 0.4) is 0 Å². The van der Waals surface area contributed by atoms with Crippen LogP contribution in [-0.2, 0) is 0 Å². The van der Waals surface area contributed by atoms with Crippen LogP contribution in [0.15, 0.2) is 54.6 Å². The number of anilines is 1. The van der Waals surface area contributed by atoms with E-state index in [0.29, 0.717) is 30.6 Å². The van der Waals surface area contributed by atoms with E-state index in [-0.39, 0.29) is 0 Å². The van der Waals surface area contributed by atoms with Crippen LogP contribution >= 0.6 is 0 Å². The molecule has 29 heavy (non-hydrogen) atoms. The molecule has 1 saturated heterocycles. The largest absolute Gasteiger partial charge is 0.457 e. The van der Waals surface area contributed by atoms with Gasteiger partial charge in [-0.2, -0.15) is 4.68 Å². The first-order valence-electron chi connectivity index (χ1n) is 9.90. The summed E-state index contributed by atoms with van der Waals surface area (Å²) >= 11 is 0. The predicted octanol–water partition coefficient (Wildman–Crippen LogP) is 2.02. The molecule has 0 amide bonds. The third-order valence-corrected chi connectivity index (χ3v) is 5.91. The minimum Gasteiger partial charge on any atom is -0.457 e. The molecule has 150 valence electrons. The quantitative estimate of drug-likeness (QED) is 0.700. The van der Waals surface area contributed by atoms with Gasteiger partial charge >= 0.3 is 0 Å². The standard InChI is InChI=1S/C21H23N5O3/c27-19-10-14-12-25(13-15(14)11-20(19)28)21-22-23-24-26(21)16-6-8-18(9-7-16)29-17-4-2-1-3-5-17/h1-9,14-15,19-20,27-28H,10-13H2/t14-,15+,19+,20-. The maximum Gasteiger partial charge on any atom is 0.250 e. The highest BCUT2D eigenvalue weighted by atomic mass is 16.5. The van der Waals surface area contributed by atoms with Crippen LogP contribution in [0.2, 0.25) is 0 Å². The Hall–Kier alpha value is -2.97. The third-order valence-electron chi connectivity index (χ3n) is 5.91. The van der Waals surface area contributed by atoms with E-state index in [9.17, 15) is 10.2 Å². The number of hydrogen-bond donors (Lipinski definition) is 2. The number of ether oxygens (including phenoxy) is 1. The molecule has 0 radical (unpaired) electrons. The number of tetrazole rings is 1. The molecule has 2 aromatic carbocycles. The summed E-state index contributed by atoms with van der Waals surface area (Å²) in [7, 11) is 0. The fourth-order valence-corrected chi connectivity index (χ4v) is 4.40. The number of aromatic nitrogens is 4. The molecule has 1 aliphatic carbocycles. The highest BCUT2D eigenvalue weighted by molar-refractivity contribution is 5.44. The monoisotopic (exact) mass is 393 g/mol. The molecule has 8 nitrogen and oxygen atoms in total. The van der Waals surface area contributed by atoms with Crippen LogP contribution < -0.4 is 9.64 Å². The molecule has 0 spiro atoms. The summed E-state index contributed by atoms with van der Waals surface area (Å²) in [6, 6.07) is 17.3. The summed E-state index contributed by atoms with van der Waals surface area (Å²) in [4.78, 5) is 2.15. The highest BCUT2D eigenvalue weighted by Gasteiger charge is 2.42. The SMILES string of the molecule is O[C@@H]1C[C@H]2CN(c3nnnn3-c3ccc(Oc4ccccc4)cc3)C[C@H]2C[C@@H]1O. The fraction of sp³-hybridized carbons (Fsp3) is 0.381. The van der Waals surface area contributed by atoms with Gasteiger partial charge in [0.1, 0.15) is 11.5 Å². The maximum absolute atomic E-state index is 9.98. The molecular formula is C21H23N5O3. The lowest BCUT2D eigenvalue weighted by Gasteiger charge is -2.31. The van der Waals surface area contributed by atoms with Crippen molar-refractivity contribution in [2.24, 2.45) is 11.8 Å². The Morgan fingerprint density at radius 2 is 1.45 bits per heavy atom. The average molecular weight is 393 g/mol. The molecule has 5 rings (SSSR count). The molecule has 1 aliphatic heterocycles. The Balaban J connectivity index is 1.33. The Labute approximate surface area is 168 Å². The molecular weight excluding hydrogens is 370 g/mol. The van der Waals surface area contributed by atoms with Gasteiger partial charge in [-0.15, -0.1) is 0 Å². The first-order valence-corrected chi connectivity index (χ1v) is 9.90. The van der Waals surface area contributed by atoms with Crippen molar-refractivity contribution in [2.75, 3.05) is 18.0 Å². The van der Waals surface area contributed by atoms with Crippen LogP contribution in [0.1, 0.15) is 12.8 Å². The van der Waals surface area contributed by atoms with Gasteiger partial charge < -0.3 is 19.8 Å². The number of fused-ring (bicyclic) bond motifs is 1. The second-order valence-electron chi connectivity index (χ2n) is 7.83. The summed E-state index contributed by atoms with van der Waals surface area (Å²) in [5.74, 6) is 2.90. The molecule has 4 atom stereocenters. The number of hydrogen-bond acceptors (Lipinski definition) is 7. The van der Waals surface area contributed by atoms with Gasteiger partial charge in [-0.05, 0) is 71.5 Å². The van der Waals surface area contributed by atoms with E-state index < -0.39 is 12.2 Å². The van der Waals surface area contributed by atoms with Crippen molar-refractivity contribution >= 4 is 5.95 Å². The number of aliphatic hydroxyl groups excluding tert-OH is 2. The first-order chi connectivity index (χ1) is 14.2. The van der Waals surface area contributed by atoms with Crippen LogP contribution in [0.4, 0.5) is 5.95 Å². The zero-order valence-electron chi connectivity index (χ0n) is 15.9. The Bertz CT molecular complexity index is 944. The zero-order valence-corrected chi connectivity index (χ0v) is 15.9. The summed E-state index contributed by atoms with van der Waals surface area (Å²) in [5.41, 5.74) is 0.848. The number of nitrogens with zero attached hydrogens (tertiary/aromatic N) is 5. The Kier molecular flexibility index (Phi) is 4.65. The van der Waals surface area contributed by atoms with Crippen molar-refractivity contribution in [3.05, 3.63) is 54.6 Å². The second kappa shape index (κ2) is 7.46. The van der Waals surface area contributed by atoms with E-state index in [4.69, 9.17) is 4.74 Å². The lowest BCUT2D eigenvalue weighted by molar-refractivity contribution is -0.0372. The van der Waals surface area contributed by atoms with Gasteiger partial charge in [-0.3, -0.25) is 0 Å². The van der Waals surface area contributed by atoms with Crippen molar-refractivity contribution in [2.45, 2.75) is 25.0 Å². The smallest absolute Gasteiger partial charge is 0.250 e. The van der Waals surface area contributed by atoms with Crippen LogP contribution in [0.5, 0.6) is 11.5 Å². The summed E-state index contributed by atoms with van der Waals surface area (Å²) in [5, 5.41) is 32.2. The van der Waals surface area contributed by atoms with E-state index in [1.54, 1.807) is 4.68 Å². The van der Waals surface area contributed by atoms with Crippen LogP contribution in [0, 0.1) is 11.8 Å². The lowest BCUT2D eigenvalue weighted by Crippen LogP contribution is -2.38. The molecule has 1 aromatic heterocycles. The van der Waals surface area contributed by atoms with E-state index >= 15 is 0 Å². The topological polar surface area (TPSA) is 96.5 Å². The zero-order chi connectivity index (χ0) is 19.8. The normalized spacial score (nSPS) is 26.3. The van der Waals surface area contributed by atoms with E-state index in [1.165, 1.54) is 0 Å². The Morgan fingerprint density at radius 1 is 0.828 bits per heavy atom. The van der Waals surface area contributed by atoms with Gasteiger partial charge in [0.05, 0.1) is 17.9 Å². The summed E-state index contributed by atoms with van der Waals surface area (Å²) in [6.45, 7) is 1.56. The molecule has 8 heteroatoms. The van der Waals surface area contributed by atoms with Crippen LogP contribution in [-0.4, -0.2) is 55.7 Å². The molecule has 2 aliphatic rings. The van der Waals surface area contributed by atoms with Crippen molar-refractivity contribution in [3.63, 3.8) is 0 Å². The Morgan fingerprint density at radius 3 is 2.10 bits per heavy atom.